The Morgan fingerprint density at radius 3 is 2.68 bits per heavy atom. The van der Waals surface area contributed by atoms with Gasteiger partial charge in [-0.25, -0.2) is 14.4 Å². The highest BCUT2D eigenvalue weighted by Gasteiger charge is 2.54. The van der Waals surface area contributed by atoms with Gasteiger partial charge >= 0.3 is 17.9 Å². The van der Waals surface area contributed by atoms with E-state index in [1.807, 2.05) is 0 Å². The van der Waals surface area contributed by atoms with Gasteiger partial charge in [-0.05, 0) is 31.4 Å². The zero-order chi connectivity index (χ0) is 33.6. The Labute approximate surface area is 271 Å². The average molecular weight is 691 g/mol. The third-order valence-electron chi connectivity index (χ3n) is 7.99. The van der Waals surface area contributed by atoms with Crippen LogP contribution in [0, 0.1) is 6.92 Å². The number of nitrogens with zero attached hydrogens (tertiary/aromatic N) is 6. The van der Waals surface area contributed by atoms with Gasteiger partial charge in [0.15, 0.2) is 23.3 Å². The molecule has 3 saturated heterocycles. The van der Waals surface area contributed by atoms with Crippen LogP contribution >= 0.6 is 23.3 Å². The van der Waals surface area contributed by atoms with Crippen molar-refractivity contribution in [1.29, 1.82) is 0 Å². The second-order valence-corrected chi connectivity index (χ2v) is 12.6. The predicted molar refractivity (Wildman–Crippen MR) is 159 cm³/mol. The first-order valence-corrected chi connectivity index (χ1v) is 15.8. The highest BCUT2D eigenvalue weighted by Crippen LogP contribution is 2.41. The Bertz CT molecular complexity index is 1830. The van der Waals surface area contributed by atoms with Gasteiger partial charge < -0.3 is 44.7 Å². The summed E-state index contributed by atoms with van der Waals surface area (Å²) >= 11 is 1.97. The summed E-state index contributed by atoms with van der Waals surface area (Å²) < 4.78 is 18.6. The lowest BCUT2D eigenvalue weighted by Gasteiger charge is -2.49. The summed E-state index contributed by atoms with van der Waals surface area (Å²) in [6, 6.07) is -1.41. The van der Waals surface area contributed by atoms with Crippen molar-refractivity contribution in [2.75, 3.05) is 31.1 Å². The molecule has 6 rings (SSSR count). The van der Waals surface area contributed by atoms with E-state index in [2.05, 4.69) is 19.8 Å². The average Bonchev–Trinajstić information content (AvgIpc) is 3.83. The number of carboxylic acid groups (broad SMARTS) is 1. The molecule has 5 N–H and O–H groups in total. The first kappa shape index (κ1) is 31.8. The number of nitrogens with one attached hydrogen (secondary N) is 1. The number of rotatable bonds is 8. The molecule has 4 aliphatic rings. The van der Waals surface area contributed by atoms with E-state index in [4.69, 9.17) is 19.3 Å². The molecule has 2 aromatic heterocycles. The normalized spacial score (nSPS) is 23.8. The van der Waals surface area contributed by atoms with Gasteiger partial charge in [-0.15, -0.1) is 11.8 Å². The number of anilines is 1. The Morgan fingerprint density at radius 1 is 1.23 bits per heavy atom. The smallest absolute Gasteiger partial charge is 0.477 e. The quantitative estimate of drug-likeness (QED) is 0.0891. The molecule has 0 radical (unpaired) electrons. The van der Waals surface area contributed by atoms with Crippen LogP contribution in [0.25, 0.3) is 0 Å². The third-order valence-corrected chi connectivity index (χ3v) is 9.83. The van der Waals surface area contributed by atoms with E-state index in [1.54, 1.807) is 4.90 Å². The number of fused-ring (bicyclic) bond motifs is 1. The molecule has 4 aliphatic heterocycles. The summed E-state index contributed by atoms with van der Waals surface area (Å²) in [5.41, 5.74) is 5.29. The fourth-order valence-corrected chi connectivity index (χ4v) is 7.44. The van der Waals surface area contributed by atoms with Crippen molar-refractivity contribution in [1.82, 2.24) is 29.4 Å². The van der Waals surface area contributed by atoms with Crippen LogP contribution in [0.1, 0.15) is 30.2 Å². The van der Waals surface area contributed by atoms with Crippen LogP contribution in [0.3, 0.4) is 0 Å². The summed E-state index contributed by atoms with van der Waals surface area (Å²) in [4.78, 5) is 83.2. The second-order valence-electron chi connectivity index (χ2n) is 10.7. The Hall–Kier alpha value is -5.18. The van der Waals surface area contributed by atoms with Crippen molar-refractivity contribution in [3.8, 4) is 0 Å². The molecular weight excluding hydrogens is 664 g/mol. The van der Waals surface area contributed by atoms with Crippen LogP contribution in [-0.2, 0) is 30.5 Å². The molecule has 2 aromatic rings. The van der Waals surface area contributed by atoms with E-state index in [1.165, 1.54) is 29.7 Å². The van der Waals surface area contributed by atoms with Crippen molar-refractivity contribution in [3.63, 3.8) is 0 Å². The number of nitrogen functional groups attached to an aromatic ring is 1. The summed E-state index contributed by atoms with van der Waals surface area (Å²) in [6.07, 6.45) is 1.68. The largest absolute Gasteiger partial charge is 0.519 e. The number of allylic oxidation sites excluding steroid dienone is 1. The molecule has 6 heterocycles. The standard InChI is InChI=1S/C26H26N8O11S2/c1-10-14(45-26(41)44-10)8-43-25(40)32-4-3-13(7-32)33-5-2-11(20(33)36)6-12-9-46-22-16(21(37)34(22)17(12)23(38)39)28-19(35)15(30-42)18-29-24(27)47-31-18/h6,13,16,22,42H,2-5,7-9H2,1H3,(H,28,35)(H,38,39)(H2,27,29,31)/b11-6?,30-15-/t13-,16-,22-/m1/s1. The Kier molecular flexibility index (Phi) is 8.49. The van der Waals surface area contributed by atoms with E-state index < -0.39 is 46.8 Å². The number of likely N-dealkylation sites (tertiary alicyclic amines) is 2. The van der Waals surface area contributed by atoms with Crippen molar-refractivity contribution >= 4 is 63.9 Å². The van der Waals surface area contributed by atoms with Gasteiger partial charge in [0.05, 0.1) is 6.04 Å². The summed E-state index contributed by atoms with van der Waals surface area (Å²) in [7, 11) is 0. The van der Waals surface area contributed by atoms with Gasteiger partial charge in [-0.3, -0.25) is 19.3 Å². The summed E-state index contributed by atoms with van der Waals surface area (Å²) in [5, 5.41) is 24.0. The summed E-state index contributed by atoms with van der Waals surface area (Å²) in [6.45, 7) is 2.14. The fraction of sp³-hybridized carbons (Fsp3) is 0.423. The Morgan fingerprint density at radius 2 is 2.02 bits per heavy atom. The van der Waals surface area contributed by atoms with E-state index in [0.29, 0.717) is 31.5 Å². The molecule has 19 nitrogen and oxygen atoms in total. The molecule has 0 spiro atoms. The number of aliphatic carboxylic acids is 1. The van der Waals surface area contributed by atoms with Gasteiger partial charge in [-0.2, -0.15) is 9.36 Å². The van der Waals surface area contributed by atoms with Gasteiger partial charge in [0.2, 0.25) is 17.4 Å². The van der Waals surface area contributed by atoms with Gasteiger partial charge in [0.25, 0.3) is 11.8 Å². The minimum Gasteiger partial charge on any atom is -0.477 e. The SMILES string of the molecule is Cc1oc(=O)oc1COC(=O)N1CC[C@@H](N2CCC(=CC3=C(C(=O)O)N4C(=O)[C@@H](NC(=O)/C(=N\O)c5nsc(N)n5)[C@H]4SC3)C2=O)C1. The Balaban J connectivity index is 1.09. The number of carboxylic acids is 1. The molecule has 4 amide bonds. The van der Waals surface area contributed by atoms with Crippen LogP contribution in [-0.4, -0.2) is 113 Å². The molecular formula is C26H26N8O11S2. The topological polar surface area (TPSA) is 264 Å². The molecule has 21 heteroatoms. The molecule has 0 aliphatic carbocycles. The van der Waals surface area contributed by atoms with E-state index >= 15 is 0 Å². The van der Waals surface area contributed by atoms with Crippen molar-refractivity contribution in [2.45, 2.75) is 43.8 Å². The molecule has 3 fully saturated rings. The zero-order valence-corrected chi connectivity index (χ0v) is 26.0. The molecule has 0 aromatic carbocycles. The zero-order valence-electron chi connectivity index (χ0n) is 24.4. The highest BCUT2D eigenvalue weighted by molar-refractivity contribution is 8.00. The number of carbonyl (C=O) groups excluding carboxylic acids is 4. The van der Waals surface area contributed by atoms with Crippen LogP contribution < -0.4 is 16.9 Å². The minimum atomic E-state index is -1.38. The maximum atomic E-state index is 13.4. The van der Waals surface area contributed by atoms with Gasteiger partial charge in [0, 0.05) is 42.5 Å². The number of thioether (sulfide) groups is 1. The number of oxime groups is 1. The number of nitrogens with two attached hydrogens (primary N) is 1. The van der Waals surface area contributed by atoms with E-state index in [-0.39, 0.29) is 64.6 Å². The molecule has 0 saturated carbocycles. The molecule has 0 unspecified atom stereocenters. The first-order valence-electron chi connectivity index (χ1n) is 14.0. The lowest BCUT2D eigenvalue weighted by Crippen LogP contribution is -2.71. The van der Waals surface area contributed by atoms with Gasteiger partial charge in [-0.1, -0.05) is 5.16 Å². The maximum Gasteiger partial charge on any atom is 0.519 e. The van der Waals surface area contributed by atoms with Crippen molar-refractivity contribution in [3.05, 3.63) is 50.9 Å². The monoisotopic (exact) mass is 690 g/mol. The van der Waals surface area contributed by atoms with Gasteiger partial charge in [0.1, 0.15) is 17.1 Å². The van der Waals surface area contributed by atoms with Crippen molar-refractivity contribution in [2.24, 2.45) is 5.16 Å². The number of hydrogen-bond donors (Lipinski definition) is 4. The van der Waals surface area contributed by atoms with Crippen LogP contribution in [0.5, 0.6) is 0 Å². The lowest BCUT2D eigenvalue weighted by molar-refractivity contribution is -0.150. The number of amides is 4. The molecule has 0 bridgehead atoms. The third kappa shape index (κ3) is 5.93. The minimum absolute atomic E-state index is 0.0324. The number of β-lactam (4-membered cyclic amide) rings is 1. The predicted octanol–water partition coefficient (Wildman–Crippen LogP) is -0.538. The second kappa shape index (κ2) is 12.5. The maximum absolute atomic E-state index is 13.4. The van der Waals surface area contributed by atoms with Crippen molar-refractivity contribution < 1.29 is 47.9 Å². The molecule has 47 heavy (non-hydrogen) atoms. The number of carbonyl (C=O) groups is 5. The van der Waals surface area contributed by atoms with Crippen LogP contribution in [0.15, 0.2) is 41.7 Å². The fourth-order valence-electron chi connectivity index (χ4n) is 5.70. The molecule has 3 atom stereocenters. The first-order chi connectivity index (χ1) is 22.5. The lowest BCUT2D eigenvalue weighted by atomic mass is 10.0. The highest BCUT2D eigenvalue weighted by atomic mass is 32.2. The number of aryl methyl sites for hydroxylation is 1. The van der Waals surface area contributed by atoms with Crippen LogP contribution in [0.2, 0.25) is 0 Å². The molecule has 248 valence electrons. The number of hydrogen-bond acceptors (Lipinski definition) is 16. The van der Waals surface area contributed by atoms with E-state index in [0.717, 1.165) is 16.4 Å². The van der Waals surface area contributed by atoms with E-state index in [9.17, 15) is 39.1 Å². The number of aromatic nitrogens is 2. The van der Waals surface area contributed by atoms with Crippen LogP contribution in [0.4, 0.5) is 9.93 Å². The number of ether oxygens (including phenoxy) is 1. The summed E-state index contributed by atoms with van der Waals surface area (Å²) in [5.74, 6) is -4.02.